The van der Waals surface area contributed by atoms with E-state index in [1.807, 2.05) is 11.7 Å². The molecule has 6 heteroatoms. The molecule has 0 saturated carbocycles. The van der Waals surface area contributed by atoms with Crippen molar-refractivity contribution >= 4 is 5.91 Å². The lowest BCUT2D eigenvalue weighted by Gasteiger charge is -2.36. The van der Waals surface area contributed by atoms with Crippen LogP contribution in [0.3, 0.4) is 0 Å². The van der Waals surface area contributed by atoms with Gasteiger partial charge in [-0.1, -0.05) is 25.0 Å². The van der Waals surface area contributed by atoms with Crippen LogP contribution in [0.2, 0.25) is 0 Å². The monoisotopic (exact) mass is 402 g/mol. The van der Waals surface area contributed by atoms with Crippen molar-refractivity contribution in [3.05, 3.63) is 28.1 Å². The molecule has 2 heterocycles. The zero-order valence-electron chi connectivity index (χ0n) is 18.9. The summed E-state index contributed by atoms with van der Waals surface area (Å²) in [7, 11) is 3.63. The summed E-state index contributed by atoms with van der Waals surface area (Å²) in [6.07, 6.45) is 6.75. The zero-order valence-corrected chi connectivity index (χ0v) is 18.9. The van der Waals surface area contributed by atoms with Gasteiger partial charge in [-0.25, -0.2) is 0 Å². The molecule has 0 bridgehead atoms. The number of ether oxygens (including phenoxy) is 1. The van der Waals surface area contributed by atoms with Gasteiger partial charge in [0, 0.05) is 64.6 Å². The van der Waals surface area contributed by atoms with Gasteiger partial charge in [-0.3, -0.25) is 14.4 Å². The number of hydrogen-bond donors (Lipinski definition) is 1. The Hall–Kier alpha value is -1.66. The van der Waals surface area contributed by atoms with Crippen molar-refractivity contribution in [3.63, 3.8) is 0 Å². The number of carbonyl (C=O) groups excluding carboxylic acids is 1. The molecular formula is C23H38N4O2. The van der Waals surface area contributed by atoms with E-state index in [4.69, 9.17) is 4.74 Å². The molecular weight excluding hydrogens is 364 g/mol. The first-order chi connectivity index (χ1) is 13.8. The molecule has 0 saturated heterocycles. The quantitative estimate of drug-likeness (QED) is 0.534. The van der Waals surface area contributed by atoms with Crippen molar-refractivity contribution in [2.75, 3.05) is 33.4 Å². The molecule has 1 aromatic heterocycles. The standard InChI is InChI=1S/C23H38N4O2/c1-17-8-6-11-23(2,3)19(17)9-13-27-14-10-20-18(16-27)21(25-26(20)4)22(28)24-12-7-15-29-5/h6-16H2,1-5H3,(H,24,28). The van der Waals surface area contributed by atoms with Crippen LogP contribution in [0.15, 0.2) is 11.1 Å². The van der Waals surface area contributed by atoms with Crippen molar-refractivity contribution in [1.29, 1.82) is 0 Å². The molecule has 1 N–H and O–H groups in total. The molecule has 0 unspecified atom stereocenters. The summed E-state index contributed by atoms with van der Waals surface area (Å²) in [6, 6.07) is 0. The highest BCUT2D eigenvalue weighted by atomic mass is 16.5. The lowest BCUT2D eigenvalue weighted by atomic mass is 9.71. The lowest BCUT2D eigenvalue weighted by Crippen LogP contribution is -2.34. The average Bonchev–Trinajstić information content (AvgIpc) is 3.00. The number of fused-ring (bicyclic) bond motifs is 1. The molecule has 1 amide bonds. The highest BCUT2D eigenvalue weighted by Gasteiger charge is 2.30. The van der Waals surface area contributed by atoms with E-state index < -0.39 is 0 Å². The van der Waals surface area contributed by atoms with Gasteiger partial charge >= 0.3 is 0 Å². The van der Waals surface area contributed by atoms with Crippen LogP contribution in [0.4, 0.5) is 0 Å². The van der Waals surface area contributed by atoms with Gasteiger partial charge in [0.25, 0.3) is 5.91 Å². The maximum Gasteiger partial charge on any atom is 0.272 e. The van der Waals surface area contributed by atoms with Crippen molar-refractivity contribution in [2.45, 2.75) is 65.8 Å². The Kier molecular flexibility index (Phi) is 7.17. The first-order valence-corrected chi connectivity index (χ1v) is 11.1. The number of nitrogens with one attached hydrogen (secondary N) is 1. The molecule has 0 radical (unpaired) electrons. The summed E-state index contributed by atoms with van der Waals surface area (Å²) in [6.45, 7) is 11.3. The van der Waals surface area contributed by atoms with Crippen molar-refractivity contribution < 1.29 is 9.53 Å². The molecule has 0 aromatic carbocycles. The molecule has 0 fully saturated rings. The molecule has 6 nitrogen and oxygen atoms in total. The van der Waals surface area contributed by atoms with E-state index in [-0.39, 0.29) is 5.91 Å². The second-order valence-electron chi connectivity index (χ2n) is 9.27. The summed E-state index contributed by atoms with van der Waals surface area (Å²) in [5.74, 6) is -0.0632. The third-order valence-corrected chi connectivity index (χ3v) is 6.71. The number of carbonyl (C=O) groups is 1. The van der Waals surface area contributed by atoms with Crippen molar-refractivity contribution in [3.8, 4) is 0 Å². The van der Waals surface area contributed by atoms with E-state index in [1.54, 1.807) is 18.3 Å². The second kappa shape index (κ2) is 9.43. The summed E-state index contributed by atoms with van der Waals surface area (Å²) >= 11 is 0. The van der Waals surface area contributed by atoms with E-state index in [2.05, 4.69) is 36.1 Å². The fourth-order valence-electron chi connectivity index (χ4n) is 5.02. The van der Waals surface area contributed by atoms with Crippen LogP contribution in [0.25, 0.3) is 0 Å². The number of aryl methyl sites for hydroxylation is 1. The zero-order chi connectivity index (χ0) is 21.0. The molecule has 2 aliphatic rings. The fourth-order valence-corrected chi connectivity index (χ4v) is 5.02. The Morgan fingerprint density at radius 3 is 2.83 bits per heavy atom. The number of rotatable bonds is 8. The molecule has 0 atom stereocenters. The van der Waals surface area contributed by atoms with Crippen molar-refractivity contribution in [2.24, 2.45) is 12.5 Å². The van der Waals surface area contributed by atoms with Crippen LogP contribution >= 0.6 is 0 Å². The van der Waals surface area contributed by atoms with Gasteiger partial charge in [0.05, 0.1) is 0 Å². The first-order valence-electron chi connectivity index (χ1n) is 11.1. The number of allylic oxidation sites excluding steroid dienone is 1. The minimum atomic E-state index is -0.0632. The van der Waals surface area contributed by atoms with E-state index in [9.17, 15) is 4.79 Å². The van der Waals surface area contributed by atoms with Crippen molar-refractivity contribution in [1.82, 2.24) is 20.0 Å². The van der Waals surface area contributed by atoms with Gasteiger partial charge in [-0.2, -0.15) is 5.10 Å². The van der Waals surface area contributed by atoms with E-state index >= 15 is 0 Å². The Balaban J connectivity index is 1.65. The number of aromatic nitrogens is 2. The Bertz CT molecular complexity index is 763. The van der Waals surface area contributed by atoms with Crippen LogP contribution in [0, 0.1) is 5.41 Å². The van der Waals surface area contributed by atoms with E-state index in [0.29, 0.717) is 24.3 Å². The van der Waals surface area contributed by atoms with E-state index in [1.165, 1.54) is 25.0 Å². The Morgan fingerprint density at radius 1 is 1.31 bits per heavy atom. The summed E-state index contributed by atoms with van der Waals surface area (Å²) < 4.78 is 6.95. The number of methoxy groups -OCH3 is 1. The van der Waals surface area contributed by atoms with Crippen LogP contribution in [-0.2, 0) is 24.8 Å². The number of amides is 1. The predicted octanol–water partition coefficient (Wildman–Crippen LogP) is 3.46. The lowest BCUT2D eigenvalue weighted by molar-refractivity contribution is 0.0940. The largest absolute Gasteiger partial charge is 0.385 e. The van der Waals surface area contributed by atoms with Gasteiger partial charge in [0.1, 0.15) is 0 Å². The normalized spacial score (nSPS) is 19.3. The number of nitrogens with zero attached hydrogens (tertiary/aromatic N) is 3. The summed E-state index contributed by atoms with van der Waals surface area (Å²) in [4.78, 5) is 15.2. The molecule has 29 heavy (non-hydrogen) atoms. The van der Waals surface area contributed by atoms with Crippen LogP contribution < -0.4 is 5.32 Å². The molecule has 1 aliphatic carbocycles. The minimum absolute atomic E-state index is 0.0632. The maximum atomic E-state index is 12.7. The highest BCUT2D eigenvalue weighted by Crippen LogP contribution is 2.41. The van der Waals surface area contributed by atoms with E-state index in [0.717, 1.165) is 44.5 Å². The molecule has 1 aliphatic heterocycles. The SMILES string of the molecule is COCCCNC(=O)c1nn(C)c2c1CN(CCC1=C(C)CCCC1(C)C)CC2. The Labute approximate surface area is 175 Å². The van der Waals surface area contributed by atoms with Gasteiger partial charge in [0.2, 0.25) is 0 Å². The molecule has 162 valence electrons. The molecule has 1 aromatic rings. The van der Waals surface area contributed by atoms with Crippen LogP contribution in [-0.4, -0.2) is 53.9 Å². The fraction of sp³-hybridized carbons (Fsp3) is 0.739. The maximum absolute atomic E-state index is 12.7. The molecule has 3 rings (SSSR count). The third kappa shape index (κ3) is 5.10. The molecule has 0 spiro atoms. The number of hydrogen-bond acceptors (Lipinski definition) is 4. The van der Waals surface area contributed by atoms with Crippen LogP contribution in [0.1, 0.15) is 74.6 Å². The summed E-state index contributed by atoms with van der Waals surface area (Å²) in [5, 5.41) is 7.54. The second-order valence-corrected chi connectivity index (χ2v) is 9.27. The van der Waals surface area contributed by atoms with Gasteiger partial charge in [-0.15, -0.1) is 0 Å². The topological polar surface area (TPSA) is 59.4 Å². The van der Waals surface area contributed by atoms with Crippen LogP contribution in [0.5, 0.6) is 0 Å². The van der Waals surface area contributed by atoms with Gasteiger partial charge in [-0.05, 0) is 44.4 Å². The van der Waals surface area contributed by atoms with Gasteiger partial charge in [0.15, 0.2) is 5.69 Å². The minimum Gasteiger partial charge on any atom is -0.385 e. The smallest absolute Gasteiger partial charge is 0.272 e. The summed E-state index contributed by atoms with van der Waals surface area (Å²) in [5.41, 5.74) is 6.48. The first kappa shape index (κ1) is 22.0. The third-order valence-electron chi connectivity index (χ3n) is 6.71. The Morgan fingerprint density at radius 2 is 2.10 bits per heavy atom. The van der Waals surface area contributed by atoms with Gasteiger partial charge < -0.3 is 10.1 Å². The average molecular weight is 403 g/mol. The predicted molar refractivity (Wildman–Crippen MR) is 116 cm³/mol. The highest BCUT2D eigenvalue weighted by molar-refractivity contribution is 5.94.